The quantitative estimate of drug-likeness (QED) is 0.0966. The molecule has 66 heavy (non-hydrogen) atoms. The zero-order valence-corrected chi connectivity index (χ0v) is 34.8. The predicted molar refractivity (Wildman–Crippen MR) is 238 cm³/mol. The highest BCUT2D eigenvalue weighted by Gasteiger charge is 2.54. The summed E-state index contributed by atoms with van der Waals surface area (Å²) in [4.78, 5) is 124. The molecule has 1 aliphatic carbocycles. The van der Waals surface area contributed by atoms with Crippen molar-refractivity contribution in [2.45, 2.75) is 31.6 Å². The lowest BCUT2D eigenvalue weighted by atomic mass is 9.67. The third kappa shape index (κ3) is 6.13. The van der Waals surface area contributed by atoms with Crippen LogP contribution >= 0.6 is 0 Å². The van der Waals surface area contributed by atoms with Crippen molar-refractivity contribution in [3.05, 3.63) is 178 Å². The van der Waals surface area contributed by atoms with Gasteiger partial charge < -0.3 is 10.1 Å². The van der Waals surface area contributed by atoms with Crippen LogP contribution in [0.4, 0.5) is 22.7 Å². The molecule has 0 radical (unpaired) electrons. The van der Waals surface area contributed by atoms with Gasteiger partial charge >= 0.3 is 11.9 Å². The molecular weight excluding hydrogens is 841 g/mol. The Morgan fingerprint density at radius 2 is 1.15 bits per heavy atom. The molecule has 322 valence electrons. The van der Waals surface area contributed by atoms with Crippen molar-refractivity contribution in [2.75, 3.05) is 20.0 Å². The molecule has 0 bridgehead atoms. The van der Waals surface area contributed by atoms with E-state index in [1.54, 1.807) is 84.9 Å². The Kier molecular flexibility index (Phi) is 9.11. The molecule has 4 aliphatic heterocycles. The lowest BCUT2D eigenvalue weighted by Gasteiger charge is -2.33. The first kappa shape index (κ1) is 40.1. The first-order valence-corrected chi connectivity index (χ1v) is 21.2. The van der Waals surface area contributed by atoms with E-state index >= 15 is 0 Å². The molecule has 4 unspecified atom stereocenters. The molecule has 4 heterocycles. The molecule has 1 N–H and O–H groups in total. The van der Waals surface area contributed by atoms with Crippen molar-refractivity contribution in [3.8, 4) is 11.1 Å². The first-order chi connectivity index (χ1) is 31.9. The van der Waals surface area contributed by atoms with Gasteiger partial charge in [0.2, 0.25) is 11.8 Å². The number of cyclic esters (lactones) is 2. The minimum Gasteiger partial charge on any atom is -0.392 e. The van der Waals surface area contributed by atoms with E-state index in [-0.39, 0.29) is 46.3 Å². The number of nitrogens with zero attached hydrogens (tertiary/aromatic N) is 3. The standard InChI is InChI=1S/C52H34N4O10/c1-26-9-16-31(17-10-26)56-47(60)37-8-4-7-33(43(37)50(56)63)28-13-22-36-39(23-28)49(62)55(46(36)59)32-18-11-27(12-19-32)45(58)53-29-14-20-30(21-15-29)54-42(57)25-40(48(54)61)38-24-41-44(52(65)66-51(41)64)35-6-3-2-5-34(35)38/h2-23,38,40-41,44H,24-25H2,1H3,(H,53,58). The Morgan fingerprint density at radius 1 is 0.545 bits per heavy atom. The van der Waals surface area contributed by atoms with Crippen LogP contribution in [0.25, 0.3) is 11.1 Å². The van der Waals surface area contributed by atoms with Crippen LogP contribution in [0.5, 0.6) is 0 Å². The van der Waals surface area contributed by atoms with Crippen LogP contribution in [0, 0.1) is 18.8 Å². The van der Waals surface area contributed by atoms with Gasteiger partial charge in [0.05, 0.1) is 57.1 Å². The Balaban J connectivity index is 0.768. The second kappa shape index (κ2) is 15.0. The molecule has 7 amide bonds. The minimum atomic E-state index is -0.755. The summed E-state index contributed by atoms with van der Waals surface area (Å²) in [5, 5.41) is 2.78. The SMILES string of the molecule is Cc1ccc(N2C(=O)c3cccc(-c4ccc5c(c4)C(=O)N(c4ccc(C(=O)Nc6ccc(N7C(=O)CC(C8CC9C(=O)OC(=O)C9c9ccccc98)C7=O)cc6)cc4)C5=O)c3C2=O)cc1. The molecular formula is C52H34N4O10. The van der Waals surface area contributed by atoms with Crippen LogP contribution in [-0.4, -0.2) is 53.3 Å². The van der Waals surface area contributed by atoms with Crippen LogP contribution in [0.15, 0.2) is 133 Å². The fraction of sp³-hybridized carbons (Fsp3) is 0.135. The fourth-order valence-electron chi connectivity index (χ4n) is 10.0. The highest BCUT2D eigenvalue weighted by Crippen LogP contribution is 2.51. The van der Waals surface area contributed by atoms with E-state index in [2.05, 4.69) is 5.32 Å². The first-order valence-electron chi connectivity index (χ1n) is 21.2. The maximum Gasteiger partial charge on any atom is 0.321 e. The summed E-state index contributed by atoms with van der Waals surface area (Å²) < 4.78 is 4.96. The minimum absolute atomic E-state index is 0.0799. The lowest BCUT2D eigenvalue weighted by Crippen LogP contribution is -2.35. The zero-order chi connectivity index (χ0) is 45.7. The fourth-order valence-corrected chi connectivity index (χ4v) is 10.0. The molecule has 0 aromatic heterocycles. The van der Waals surface area contributed by atoms with Gasteiger partial charge in [-0.15, -0.1) is 0 Å². The van der Waals surface area contributed by atoms with Crippen molar-refractivity contribution in [2.24, 2.45) is 11.8 Å². The number of ether oxygens (including phenoxy) is 1. The van der Waals surface area contributed by atoms with E-state index in [0.717, 1.165) is 25.8 Å². The molecule has 2 fully saturated rings. The van der Waals surface area contributed by atoms with Gasteiger partial charge in [0.15, 0.2) is 0 Å². The number of amides is 7. The molecule has 11 rings (SSSR count). The van der Waals surface area contributed by atoms with Gasteiger partial charge in [-0.05, 0) is 120 Å². The number of nitrogens with one attached hydrogen (secondary N) is 1. The molecule has 0 spiro atoms. The second-order valence-corrected chi connectivity index (χ2v) is 16.9. The summed E-state index contributed by atoms with van der Waals surface area (Å²) in [7, 11) is 0. The number of imide groups is 3. The van der Waals surface area contributed by atoms with Crippen molar-refractivity contribution < 1.29 is 47.9 Å². The summed E-state index contributed by atoms with van der Waals surface area (Å²) in [6.07, 6.45) is 0.123. The molecule has 6 aromatic rings. The van der Waals surface area contributed by atoms with E-state index in [4.69, 9.17) is 4.74 Å². The molecule has 14 nitrogen and oxygen atoms in total. The summed E-state index contributed by atoms with van der Waals surface area (Å²) in [6.45, 7) is 1.91. The van der Waals surface area contributed by atoms with Crippen molar-refractivity contribution >= 4 is 76.0 Å². The number of anilines is 4. The van der Waals surface area contributed by atoms with Crippen LogP contribution in [-0.2, 0) is 23.9 Å². The van der Waals surface area contributed by atoms with Gasteiger partial charge in [0.25, 0.3) is 29.5 Å². The van der Waals surface area contributed by atoms with Gasteiger partial charge in [-0.1, -0.05) is 60.2 Å². The molecule has 0 saturated carbocycles. The highest BCUT2D eigenvalue weighted by molar-refractivity contribution is 6.37. The van der Waals surface area contributed by atoms with E-state index < -0.39 is 77.0 Å². The number of rotatable bonds is 7. The zero-order valence-electron chi connectivity index (χ0n) is 34.8. The topological polar surface area (TPSA) is 185 Å². The number of hydrogen-bond donors (Lipinski definition) is 1. The predicted octanol–water partition coefficient (Wildman–Crippen LogP) is 7.37. The number of hydrogen-bond acceptors (Lipinski definition) is 10. The van der Waals surface area contributed by atoms with Gasteiger partial charge in [-0.3, -0.25) is 48.1 Å². The smallest absolute Gasteiger partial charge is 0.321 e. The number of esters is 2. The van der Waals surface area contributed by atoms with Crippen LogP contribution < -0.4 is 20.0 Å². The monoisotopic (exact) mass is 874 g/mol. The van der Waals surface area contributed by atoms with E-state index in [9.17, 15) is 43.2 Å². The molecule has 6 aromatic carbocycles. The average Bonchev–Trinajstić information content (AvgIpc) is 3.97. The van der Waals surface area contributed by atoms with Crippen LogP contribution in [0.2, 0.25) is 0 Å². The Morgan fingerprint density at radius 3 is 1.88 bits per heavy atom. The molecule has 4 atom stereocenters. The number of carbonyl (C=O) groups excluding carboxylic acids is 9. The van der Waals surface area contributed by atoms with Crippen molar-refractivity contribution in [1.82, 2.24) is 0 Å². The lowest BCUT2D eigenvalue weighted by molar-refractivity contribution is -0.153. The van der Waals surface area contributed by atoms with Crippen LogP contribution in [0.3, 0.4) is 0 Å². The largest absolute Gasteiger partial charge is 0.392 e. The van der Waals surface area contributed by atoms with Gasteiger partial charge in [-0.25, -0.2) is 9.80 Å². The average molecular weight is 875 g/mol. The van der Waals surface area contributed by atoms with Gasteiger partial charge in [-0.2, -0.15) is 0 Å². The normalized spacial score (nSPS) is 20.7. The summed E-state index contributed by atoms with van der Waals surface area (Å²) >= 11 is 0. The molecule has 2 saturated heterocycles. The number of fused-ring (bicyclic) bond motifs is 5. The van der Waals surface area contributed by atoms with E-state index in [0.29, 0.717) is 33.8 Å². The maximum absolute atomic E-state index is 13.9. The van der Waals surface area contributed by atoms with E-state index in [1.807, 2.05) is 25.1 Å². The Hall–Kier alpha value is -8.65. The Labute approximate surface area is 375 Å². The second-order valence-electron chi connectivity index (χ2n) is 16.9. The van der Waals surface area contributed by atoms with Gasteiger partial charge in [0.1, 0.15) is 0 Å². The van der Waals surface area contributed by atoms with Crippen molar-refractivity contribution in [1.29, 1.82) is 0 Å². The number of benzene rings is 6. The maximum atomic E-state index is 13.9. The summed E-state index contributed by atoms with van der Waals surface area (Å²) in [5.74, 6) is -7.37. The highest BCUT2D eigenvalue weighted by atomic mass is 16.6. The third-order valence-corrected chi connectivity index (χ3v) is 13.2. The third-order valence-electron chi connectivity index (χ3n) is 13.2. The van der Waals surface area contributed by atoms with Gasteiger partial charge in [0, 0.05) is 17.7 Å². The summed E-state index contributed by atoms with van der Waals surface area (Å²) in [6, 6.07) is 36.0. The number of aryl methyl sites for hydroxylation is 1. The summed E-state index contributed by atoms with van der Waals surface area (Å²) in [5.41, 5.74) is 5.55. The number of carbonyl (C=O) groups is 9. The van der Waals surface area contributed by atoms with Crippen molar-refractivity contribution in [3.63, 3.8) is 0 Å². The molecule has 14 heteroatoms. The Bertz CT molecular complexity index is 3210. The molecule has 5 aliphatic rings. The van der Waals surface area contributed by atoms with E-state index in [1.165, 1.54) is 30.3 Å². The van der Waals surface area contributed by atoms with Crippen LogP contribution in [0.1, 0.15) is 93.2 Å².